The third-order valence-corrected chi connectivity index (χ3v) is 5.91. The van der Waals surface area contributed by atoms with E-state index in [4.69, 9.17) is 0 Å². The van der Waals surface area contributed by atoms with Crippen molar-refractivity contribution in [1.29, 1.82) is 0 Å². The van der Waals surface area contributed by atoms with Crippen molar-refractivity contribution in [3.05, 3.63) is 76.7 Å². The summed E-state index contributed by atoms with van der Waals surface area (Å²) in [6.45, 7) is 8.77. The van der Waals surface area contributed by atoms with Crippen molar-refractivity contribution in [2.24, 2.45) is 0 Å². The molecule has 0 aliphatic rings. The second-order valence-corrected chi connectivity index (χ2v) is 8.47. The fourth-order valence-electron chi connectivity index (χ4n) is 2.99. The number of hydrogen-bond acceptors (Lipinski definition) is 3. The topological polar surface area (TPSA) is 42.0 Å². The highest BCUT2D eigenvalue weighted by Gasteiger charge is 2.08. The molecule has 0 radical (unpaired) electrons. The molecule has 1 N–H and O–H groups in total. The first kappa shape index (κ1) is 21.0. The summed E-state index contributed by atoms with van der Waals surface area (Å²) in [7, 11) is 0. The maximum Gasteiger partial charge on any atom is 0.250 e. The van der Waals surface area contributed by atoms with Crippen LogP contribution in [0.25, 0.3) is 17.3 Å². The summed E-state index contributed by atoms with van der Waals surface area (Å²) < 4.78 is 0. The molecule has 1 amide bonds. The van der Waals surface area contributed by atoms with E-state index < -0.39 is 0 Å². The summed E-state index contributed by atoms with van der Waals surface area (Å²) >= 11 is 1.44. The van der Waals surface area contributed by atoms with E-state index in [1.165, 1.54) is 22.5 Å². The number of aromatic nitrogens is 1. The number of rotatable bonds is 7. The van der Waals surface area contributed by atoms with Gasteiger partial charge in [-0.3, -0.25) is 10.1 Å². The number of thiazole rings is 1. The Balaban J connectivity index is 1.61. The molecule has 3 nitrogen and oxygen atoms in total. The van der Waals surface area contributed by atoms with Crippen LogP contribution in [-0.4, -0.2) is 10.9 Å². The summed E-state index contributed by atoms with van der Waals surface area (Å²) in [5.74, 6) is 0.885. The van der Waals surface area contributed by atoms with Gasteiger partial charge in [0.05, 0.1) is 5.69 Å². The van der Waals surface area contributed by atoms with Crippen molar-refractivity contribution >= 4 is 28.5 Å². The van der Waals surface area contributed by atoms with Gasteiger partial charge in [0, 0.05) is 17.0 Å². The Morgan fingerprint density at radius 2 is 1.69 bits per heavy atom. The van der Waals surface area contributed by atoms with Crippen LogP contribution in [0.15, 0.2) is 60.0 Å². The molecule has 0 saturated heterocycles. The maximum atomic E-state index is 12.2. The van der Waals surface area contributed by atoms with Gasteiger partial charge in [0.1, 0.15) is 0 Å². The Kier molecular flexibility index (Phi) is 6.99. The minimum absolute atomic E-state index is 0.175. The quantitative estimate of drug-likeness (QED) is 0.427. The standard InChI is InChI=1S/C25H28N2OS/c1-5-18(4)21-11-13-22(14-12-21)23-16-29-25(26-23)27-24(28)15-8-19-6-9-20(10-7-19)17(2)3/h6-18H,5H2,1-4H3,(H,26,27,28)/b15-8+. The number of hydrogen-bond donors (Lipinski definition) is 1. The van der Waals surface area contributed by atoms with E-state index in [0.29, 0.717) is 17.0 Å². The fraction of sp³-hybridized carbons (Fsp3) is 0.280. The first-order valence-electron chi connectivity index (χ1n) is 10.1. The molecule has 0 bridgehead atoms. The summed E-state index contributed by atoms with van der Waals surface area (Å²) in [4.78, 5) is 16.8. The Morgan fingerprint density at radius 3 is 2.31 bits per heavy atom. The van der Waals surface area contributed by atoms with E-state index in [1.54, 1.807) is 6.08 Å². The lowest BCUT2D eigenvalue weighted by molar-refractivity contribution is -0.111. The summed E-state index contributed by atoms with van der Waals surface area (Å²) in [6, 6.07) is 16.8. The van der Waals surface area contributed by atoms with Gasteiger partial charge in [0.15, 0.2) is 5.13 Å². The van der Waals surface area contributed by atoms with Crippen molar-refractivity contribution in [3.63, 3.8) is 0 Å². The molecule has 0 spiro atoms. The minimum Gasteiger partial charge on any atom is -0.298 e. The monoisotopic (exact) mass is 404 g/mol. The first-order valence-corrected chi connectivity index (χ1v) is 11.0. The second-order valence-electron chi connectivity index (χ2n) is 7.61. The highest BCUT2D eigenvalue weighted by atomic mass is 32.1. The smallest absolute Gasteiger partial charge is 0.250 e. The Morgan fingerprint density at radius 1 is 1.03 bits per heavy atom. The molecule has 0 saturated carbocycles. The van der Waals surface area contributed by atoms with Crippen molar-refractivity contribution < 1.29 is 4.79 Å². The van der Waals surface area contributed by atoms with E-state index in [2.05, 4.69) is 74.4 Å². The second kappa shape index (κ2) is 9.66. The molecule has 150 valence electrons. The van der Waals surface area contributed by atoms with E-state index in [0.717, 1.165) is 23.2 Å². The molecule has 1 unspecified atom stereocenters. The number of nitrogens with zero attached hydrogens (tertiary/aromatic N) is 1. The average Bonchev–Trinajstić information content (AvgIpc) is 3.20. The molecule has 0 aliphatic heterocycles. The van der Waals surface area contributed by atoms with E-state index >= 15 is 0 Å². The van der Waals surface area contributed by atoms with Gasteiger partial charge >= 0.3 is 0 Å². The lowest BCUT2D eigenvalue weighted by Crippen LogP contribution is -2.07. The average molecular weight is 405 g/mol. The Hall–Kier alpha value is -2.72. The highest BCUT2D eigenvalue weighted by molar-refractivity contribution is 7.14. The van der Waals surface area contributed by atoms with Crippen molar-refractivity contribution in [2.75, 3.05) is 5.32 Å². The van der Waals surface area contributed by atoms with Crippen molar-refractivity contribution in [1.82, 2.24) is 4.98 Å². The third kappa shape index (κ3) is 5.64. The van der Waals surface area contributed by atoms with Gasteiger partial charge in [-0.25, -0.2) is 4.98 Å². The van der Waals surface area contributed by atoms with E-state index in [9.17, 15) is 4.79 Å². The lowest BCUT2D eigenvalue weighted by Gasteiger charge is -2.08. The van der Waals surface area contributed by atoms with Gasteiger partial charge in [0.25, 0.3) is 0 Å². The Labute approximate surface area is 177 Å². The number of anilines is 1. The Bertz CT molecular complexity index is 969. The molecule has 3 rings (SSSR count). The van der Waals surface area contributed by atoms with Crippen molar-refractivity contribution in [2.45, 2.75) is 46.0 Å². The van der Waals surface area contributed by atoms with Crippen LogP contribution in [0.3, 0.4) is 0 Å². The van der Waals surface area contributed by atoms with Crippen LogP contribution in [0.5, 0.6) is 0 Å². The van der Waals surface area contributed by atoms with Crippen LogP contribution in [0.4, 0.5) is 5.13 Å². The van der Waals surface area contributed by atoms with Crippen LogP contribution in [-0.2, 0) is 4.79 Å². The molecule has 1 atom stereocenters. The first-order chi connectivity index (χ1) is 14.0. The molecule has 0 aliphatic carbocycles. The molecule has 3 aromatic rings. The van der Waals surface area contributed by atoms with Crippen molar-refractivity contribution in [3.8, 4) is 11.3 Å². The number of carbonyl (C=O) groups is 1. The van der Waals surface area contributed by atoms with Gasteiger partial charge in [-0.2, -0.15) is 0 Å². The van der Waals surface area contributed by atoms with Gasteiger partial charge in [-0.05, 0) is 41.0 Å². The van der Waals surface area contributed by atoms with E-state index in [1.807, 2.05) is 23.6 Å². The highest BCUT2D eigenvalue weighted by Crippen LogP contribution is 2.27. The molecule has 0 fully saturated rings. The van der Waals surface area contributed by atoms with Crippen LogP contribution in [0.2, 0.25) is 0 Å². The number of carbonyl (C=O) groups excluding carboxylic acids is 1. The van der Waals surface area contributed by atoms with Gasteiger partial charge in [-0.15, -0.1) is 11.3 Å². The molecule has 2 aromatic carbocycles. The zero-order valence-electron chi connectivity index (χ0n) is 17.5. The van der Waals surface area contributed by atoms with E-state index in [-0.39, 0.29) is 5.91 Å². The molecular formula is C25H28N2OS. The maximum absolute atomic E-state index is 12.2. The summed E-state index contributed by atoms with van der Waals surface area (Å²) in [6.07, 6.45) is 4.50. The van der Waals surface area contributed by atoms with Crippen LogP contribution in [0.1, 0.15) is 62.6 Å². The SMILES string of the molecule is CCC(C)c1ccc(-c2csc(NC(=O)/C=C/c3ccc(C(C)C)cc3)n2)cc1. The lowest BCUT2D eigenvalue weighted by atomic mass is 9.97. The molecular weight excluding hydrogens is 376 g/mol. The predicted molar refractivity (Wildman–Crippen MR) is 124 cm³/mol. The molecule has 29 heavy (non-hydrogen) atoms. The molecule has 1 heterocycles. The molecule has 4 heteroatoms. The summed E-state index contributed by atoms with van der Waals surface area (Å²) in [5, 5.41) is 5.43. The number of amides is 1. The van der Waals surface area contributed by atoms with Crippen LogP contribution < -0.4 is 5.32 Å². The third-order valence-electron chi connectivity index (χ3n) is 5.15. The van der Waals surface area contributed by atoms with Gasteiger partial charge in [-0.1, -0.05) is 76.2 Å². The zero-order valence-corrected chi connectivity index (χ0v) is 18.3. The number of benzene rings is 2. The predicted octanol–water partition coefficient (Wildman–Crippen LogP) is 7.10. The minimum atomic E-state index is -0.175. The zero-order chi connectivity index (χ0) is 20.8. The fourth-order valence-corrected chi connectivity index (χ4v) is 3.72. The summed E-state index contributed by atoms with van der Waals surface area (Å²) in [5.41, 5.74) is 5.58. The van der Waals surface area contributed by atoms with Gasteiger partial charge in [0.2, 0.25) is 5.91 Å². The largest absolute Gasteiger partial charge is 0.298 e. The number of nitrogens with one attached hydrogen (secondary N) is 1. The van der Waals surface area contributed by atoms with Crippen LogP contribution >= 0.6 is 11.3 Å². The van der Waals surface area contributed by atoms with Crippen LogP contribution in [0, 0.1) is 0 Å². The normalized spacial score (nSPS) is 12.4. The van der Waals surface area contributed by atoms with Gasteiger partial charge < -0.3 is 0 Å². The molecule has 1 aromatic heterocycles.